The molecule has 8 nitrogen and oxygen atoms in total. The average molecular weight is 380 g/mol. The van der Waals surface area contributed by atoms with E-state index in [1.807, 2.05) is 32.0 Å². The van der Waals surface area contributed by atoms with Gasteiger partial charge < -0.3 is 19.8 Å². The van der Waals surface area contributed by atoms with E-state index in [4.69, 9.17) is 9.47 Å². The van der Waals surface area contributed by atoms with Crippen LogP contribution in [0.3, 0.4) is 0 Å². The molecule has 8 heteroatoms. The molecule has 3 heterocycles. The first-order chi connectivity index (χ1) is 13.5. The van der Waals surface area contributed by atoms with Gasteiger partial charge in [-0.1, -0.05) is 19.9 Å². The van der Waals surface area contributed by atoms with E-state index in [1.54, 1.807) is 29.1 Å². The molecule has 3 aromatic rings. The second kappa shape index (κ2) is 7.22. The molecule has 0 aliphatic carbocycles. The number of anilines is 1. The number of aromatic amines is 1. The van der Waals surface area contributed by atoms with E-state index in [0.29, 0.717) is 23.9 Å². The molecular formula is C20H20N4O4. The maximum atomic E-state index is 12.6. The van der Waals surface area contributed by atoms with Gasteiger partial charge in [0.05, 0.1) is 12.7 Å². The number of fused-ring (bicyclic) bond motifs is 1. The molecule has 0 spiro atoms. The Kier molecular flexibility index (Phi) is 4.60. The van der Waals surface area contributed by atoms with Crippen molar-refractivity contribution in [3.8, 4) is 11.5 Å². The fraction of sp³-hybridized carbons (Fsp3) is 0.250. The van der Waals surface area contributed by atoms with Crippen LogP contribution in [0.4, 0.5) is 5.82 Å². The van der Waals surface area contributed by atoms with Crippen LogP contribution in [0.1, 0.15) is 41.4 Å². The van der Waals surface area contributed by atoms with Gasteiger partial charge in [0.25, 0.3) is 11.5 Å². The number of H-pyrrole nitrogens is 1. The summed E-state index contributed by atoms with van der Waals surface area (Å²) in [6, 6.07) is 10.6. The van der Waals surface area contributed by atoms with Gasteiger partial charge in [-0.25, -0.2) is 4.68 Å². The molecule has 1 aliphatic rings. The summed E-state index contributed by atoms with van der Waals surface area (Å²) in [5, 5.41) is 7.01. The smallest absolute Gasteiger partial charge is 0.262 e. The van der Waals surface area contributed by atoms with Gasteiger partial charge in [0.1, 0.15) is 11.4 Å². The predicted molar refractivity (Wildman–Crippen MR) is 103 cm³/mol. The molecular weight excluding hydrogens is 360 g/mol. The van der Waals surface area contributed by atoms with E-state index in [2.05, 4.69) is 15.4 Å². The lowest BCUT2D eigenvalue weighted by Crippen LogP contribution is -2.25. The number of hydrogen-bond donors (Lipinski definition) is 2. The Balaban J connectivity index is 1.51. The van der Waals surface area contributed by atoms with Crippen molar-refractivity contribution in [2.24, 2.45) is 0 Å². The van der Waals surface area contributed by atoms with Crippen molar-refractivity contribution in [2.75, 3.05) is 12.1 Å². The zero-order valence-corrected chi connectivity index (χ0v) is 15.6. The molecule has 1 aliphatic heterocycles. The van der Waals surface area contributed by atoms with Gasteiger partial charge in [-0.15, -0.1) is 0 Å². The van der Waals surface area contributed by atoms with Gasteiger partial charge in [0, 0.05) is 11.8 Å². The Morgan fingerprint density at radius 1 is 1.21 bits per heavy atom. The molecule has 1 amide bonds. The topological polar surface area (TPSA) is 98.2 Å². The number of rotatable bonds is 5. The van der Waals surface area contributed by atoms with E-state index in [9.17, 15) is 9.59 Å². The Morgan fingerprint density at radius 3 is 2.82 bits per heavy atom. The molecule has 0 radical (unpaired) electrons. The van der Waals surface area contributed by atoms with Gasteiger partial charge in [0.15, 0.2) is 11.5 Å². The van der Waals surface area contributed by atoms with Crippen LogP contribution >= 0.6 is 0 Å². The third kappa shape index (κ3) is 3.48. The van der Waals surface area contributed by atoms with Crippen LogP contribution in [-0.4, -0.2) is 27.5 Å². The Bertz CT molecular complexity index is 1080. The zero-order chi connectivity index (χ0) is 19.7. The third-order valence-corrected chi connectivity index (χ3v) is 4.53. The Labute approximate surface area is 161 Å². The SMILES string of the molecule is CC(C)c1ccc(C(=O)Nc2ccnn2Cc2ccc3c(c2)OCO3)c(=O)[nH]1. The normalized spacial score (nSPS) is 12.4. The highest BCUT2D eigenvalue weighted by Gasteiger charge is 2.16. The lowest BCUT2D eigenvalue weighted by atomic mass is 10.1. The number of pyridine rings is 1. The molecule has 0 bridgehead atoms. The van der Waals surface area contributed by atoms with Crippen molar-refractivity contribution in [1.82, 2.24) is 14.8 Å². The van der Waals surface area contributed by atoms with Gasteiger partial charge in [-0.05, 0) is 35.7 Å². The molecule has 2 N–H and O–H groups in total. The summed E-state index contributed by atoms with van der Waals surface area (Å²) in [5.74, 6) is 1.58. The van der Waals surface area contributed by atoms with Gasteiger partial charge in [-0.3, -0.25) is 9.59 Å². The molecule has 0 fully saturated rings. The fourth-order valence-corrected chi connectivity index (χ4v) is 2.97. The van der Waals surface area contributed by atoms with E-state index in [0.717, 1.165) is 11.3 Å². The summed E-state index contributed by atoms with van der Waals surface area (Å²) in [6.07, 6.45) is 1.59. The van der Waals surface area contributed by atoms with Crippen molar-refractivity contribution in [1.29, 1.82) is 0 Å². The minimum absolute atomic E-state index is 0.0558. The summed E-state index contributed by atoms with van der Waals surface area (Å²) in [7, 11) is 0. The lowest BCUT2D eigenvalue weighted by molar-refractivity contribution is 0.102. The van der Waals surface area contributed by atoms with E-state index >= 15 is 0 Å². The second-order valence-electron chi connectivity index (χ2n) is 6.83. The number of carbonyl (C=O) groups excluding carboxylic acids is 1. The average Bonchev–Trinajstić information content (AvgIpc) is 3.30. The number of benzene rings is 1. The van der Waals surface area contributed by atoms with Crippen molar-refractivity contribution in [2.45, 2.75) is 26.3 Å². The highest BCUT2D eigenvalue weighted by molar-refractivity contribution is 6.03. The number of carbonyl (C=O) groups is 1. The van der Waals surface area contributed by atoms with Crippen LogP contribution in [0, 0.1) is 0 Å². The number of hydrogen-bond acceptors (Lipinski definition) is 5. The maximum Gasteiger partial charge on any atom is 0.262 e. The molecule has 2 aromatic heterocycles. The summed E-state index contributed by atoms with van der Waals surface area (Å²) in [5.41, 5.74) is 1.38. The summed E-state index contributed by atoms with van der Waals surface area (Å²) >= 11 is 0. The van der Waals surface area contributed by atoms with Crippen LogP contribution in [0.5, 0.6) is 11.5 Å². The van der Waals surface area contributed by atoms with Crippen molar-refractivity contribution < 1.29 is 14.3 Å². The second-order valence-corrected chi connectivity index (χ2v) is 6.83. The highest BCUT2D eigenvalue weighted by atomic mass is 16.7. The number of amides is 1. The van der Waals surface area contributed by atoms with Crippen molar-refractivity contribution in [3.63, 3.8) is 0 Å². The molecule has 144 valence electrons. The summed E-state index contributed by atoms with van der Waals surface area (Å²) < 4.78 is 12.3. The quantitative estimate of drug-likeness (QED) is 0.709. The number of aromatic nitrogens is 3. The summed E-state index contributed by atoms with van der Waals surface area (Å²) in [6.45, 7) is 4.59. The summed E-state index contributed by atoms with van der Waals surface area (Å²) in [4.78, 5) is 27.5. The number of ether oxygens (including phenoxy) is 2. The molecule has 0 atom stereocenters. The largest absolute Gasteiger partial charge is 0.454 e. The van der Waals surface area contributed by atoms with Crippen LogP contribution in [-0.2, 0) is 6.54 Å². The minimum Gasteiger partial charge on any atom is -0.454 e. The fourth-order valence-electron chi connectivity index (χ4n) is 2.97. The number of nitrogens with zero attached hydrogens (tertiary/aromatic N) is 2. The molecule has 1 aromatic carbocycles. The number of nitrogens with one attached hydrogen (secondary N) is 2. The monoisotopic (exact) mass is 380 g/mol. The van der Waals surface area contributed by atoms with Crippen molar-refractivity contribution in [3.05, 3.63) is 69.8 Å². The van der Waals surface area contributed by atoms with Gasteiger partial charge in [0.2, 0.25) is 6.79 Å². The van der Waals surface area contributed by atoms with Crippen LogP contribution in [0.15, 0.2) is 47.4 Å². The van der Waals surface area contributed by atoms with Crippen LogP contribution in [0.25, 0.3) is 0 Å². The maximum absolute atomic E-state index is 12.6. The lowest BCUT2D eigenvalue weighted by Gasteiger charge is -2.10. The van der Waals surface area contributed by atoms with Gasteiger partial charge in [-0.2, -0.15) is 5.10 Å². The van der Waals surface area contributed by atoms with Crippen LogP contribution < -0.4 is 20.3 Å². The highest BCUT2D eigenvalue weighted by Crippen LogP contribution is 2.32. The molecule has 0 saturated carbocycles. The van der Waals surface area contributed by atoms with Crippen molar-refractivity contribution >= 4 is 11.7 Å². The molecule has 4 rings (SSSR count). The molecule has 0 saturated heterocycles. The zero-order valence-electron chi connectivity index (χ0n) is 15.6. The van der Waals surface area contributed by atoms with E-state index in [-0.39, 0.29) is 18.3 Å². The first kappa shape index (κ1) is 17.8. The minimum atomic E-state index is -0.482. The predicted octanol–water partition coefficient (Wildman–Crippen LogP) is 2.72. The van der Waals surface area contributed by atoms with E-state index in [1.165, 1.54) is 0 Å². The Hall–Kier alpha value is -3.55. The molecule has 0 unspecified atom stereocenters. The molecule has 28 heavy (non-hydrogen) atoms. The third-order valence-electron chi connectivity index (χ3n) is 4.53. The van der Waals surface area contributed by atoms with Gasteiger partial charge >= 0.3 is 0 Å². The first-order valence-corrected chi connectivity index (χ1v) is 8.96. The van der Waals surface area contributed by atoms with E-state index < -0.39 is 11.5 Å². The van der Waals surface area contributed by atoms with Crippen LogP contribution in [0.2, 0.25) is 0 Å². The standard InChI is InChI=1S/C20H20N4O4/c1-12(2)15-5-4-14(19(25)22-15)20(26)23-18-7-8-21-24(18)10-13-3-6-16-17(9-13)28-11-27-16/h3-9,12H,10-11H2,1-2H3,(H,22,25)(H,23,26). The Morgan fingerprint density at radius 2 is 2.04 bits per heavy atom. The first-order valence-electron chi connectivity index (χ1n) is 8.96.